The largest absolute Gasteiger partial charge is 0.484 e. The summed E-state index contributed by atoms with van der Waals surface area (Å²) in [6.45, 7) is 1.65. The molecule has 210 valence electrons. The predicted molar refractivity (Wildman–Crippen MR) is 150 cm³/mol. The first-order chi connectivity index (χ1) is 19.5. The van der Waals surface area contributed by atoms with Crippen LogP contribution in [0.1, 0.15) is 43.0 Å². The van der Waals surface area contributed by atoms with Crippen molar-refractivity contribution < 1.29 is 32.4 Å². The molecule has 0 atom stereocenters. The van der Waals surface area contributed by atoms with Crippen LogP contribution in [0.2, 0.25) is 5.02 Å². The monoisotopic (exact) mass is 618 g/mol. The Morgan fingerprint density at radius 2 is 1.98 bits per heavy atom. The quantitative estimate of drug-likeness (QED) is 0.129. The van der Waals surface area contributed by atoms with E-state index in [1.165, 1.54) is 41.7 Å². The highest BCUT2D eigenvalue weighted by Crippen LogP contribution is 2.44. The molecule has 5 aromatic rings. The van der Waals surface area contributed by atoms with Gasteiger partial charge in [-0.3, -0.25) is 19.7 Å². The highest BCUT2D eigenvalue weighted by atomic mass is 35.5. The SMILES string of the molecule is Cc1ccc(-c2cc(C(F)F)nc3sc(C(N)=O)c(NC(=O)c4ccc(COc5cc([N+](=O)[O-])ccc5Cl)o4)c23)s1. The first-order valence-electron chi connectivity index (χ1n) is 11.6. The first-order valence-corrected chi connectivity index (χ1v) is 13.6. The fourth-order valence-corrected chi connectivity index (χ4v) is 5.99. The standard InChI is InChI=1S/C26H17ClF2N4O6S2/c1-11-2-7-19(40-11)14-9-16(23(28)29)31-26-20(14)21(22(41-26)24(30)34)32-25(35)17-6-4-13(39-17)10-38-18-8-12(33(36)37)3-5-15(18)27/h2-9,23H,10H2,1H3,(H2,30,34)(H,32,35). The number of pyridine rings is 1. The zero-order valence-electron chi connectivity index (χ0n) is 20.8. The molecule has 1 aromatic carbocycles. The Hall–Kier alpha value is -4.40. The molecule has 0 aliphatic heterocycles. The van der Waals surface area contributed by atoms with Crippen molar-refractivity contribution in [3.8, 4) is 16.2 Å². The molecule has 0 unspecified atom stereocenters. The number of benzene rings is 1. The Morgan fingerprint density at radius 3 is 2.63 bits per heavy atom. The van der Waals surface area contributed by atoms with Gasteiger partial charge in [0, 0.05) is 26.8 Å². The van der Waals surface area contributed by atoms with E-state index < -0.39 is 28.9 Å². The third kappa shape index (κ3) is 5.75. The van der Waals surface area contributed by atoms with E-state index in [4.69, 9.17) is 26.5 Å². The minimum absolute atomic E-state index is 0.0226. The van der Waals surface area contributed by atoms with Crippen molar-refractivity contribution in [3.63, 3.8) is 0 Å². The summed E-state index contributed by atoms with van der Waals surface area (Å²) in [5, 5.41) is 14.1. The van der Waals surface area contributed by atoms with E-state index in [-0.39, 0.29) is 50.0 Å². The number of carbonyl (C=O) groups excluding carboxylic acids is 2. The molecule has 10 nitrogen and oxygen atoms in total. The number of alkyl halides is 2. The minimum Gasteiger partial charge on any atom is -0.484 e. The maximum absolute atomic E-state index is 13.7. The number of aromatic nitrogens is 1. The lowest BCUT2D eigenvalue weighted by molar-refractivity contribution is -0.384. The summed E-state index contributed by atoms with van der Waals surface area (Å²) in [5.41, 5.74) is 5.27. The molecular weight excluding hydrogens is 602 g/mol. The number of nitrogens with one attached hydrogen (secondary N) is 1. The number of fused-ring (bicyclic) bond motifs is 1. The molecule has 3 N–H and O–H groups in total. The van der Waals surface area contributed by atoms with Gasteiger partial charge in [0.05, 0.1) is 21.7 Å². The van der Waals surface area contributed by atoms with Crippen molar-refractivity contribution in [2.45, 2.75) is 20.0 Å². The number of aryl methyl sites for hydroxylation is 1. The number of nitro benzene ring substituents is 1. The Balaban J connectivity index is 1.46. The highest BCUT2D eigenvalue weighted by molar-refractivity contribution is 7.21. The number of halogens is 3. The Bertz CT molecular complexity index is 1830. The second-order valence-corrected chi connectivity index (χ2v) is 11.2. The van der Waals surface area contributed by atoms with Gasteiger partial charge in [-0.05, 0) is 43.3 Å². The van der Waals surface area contributed by atoms with E-state index in [1.54, 1.807) is 6.07 Å². The third-order valence-electron chi connectivity index (χ3n) is 5.75. The van der Waals surface area contributed by atoms with E-state index in [0.29, 0.717) is 15.8 Å². The second-order valence-electron chi connectivity index (χ2n) is 8.54. The number of anilines is 1. The van der Waals surface area contributed by atoms with E-state index in [0.717, 1.165) is 22.3 Å². The van der Waals surface area contributed by atoms with Crippen LogP contribution >= 0.6 is 34.3 Å². The zero-order valence-corrected chi connectivity index (χ0v) is 23.2. The smallest absolute Gasteiger partial charge is 0.291 e. The van der Waals surface area contributed by atoms with Crippen molar-refractivity contribution in [2.24, 2.45) is 5.73 Å². The number of nitro groups is 1. The van der Waals surface area contributed by atoms with Crippen LogP contribution in [-0.4, -0.2) is 21.7 Å². The number of hydrogen-bond donors (Lipinski definition) is 2. The van der Waals surface area contributed by atoms with Crippen molar-refractivity contribution >= 4 is 67.7 Å². The molecule has 15 heteroatoms. The number of primary amides is 1. The fourth-order valence-electron chi connectivity index (χ4n) is 3.91. The van der Waals surface area contributed by atoms with Crippen LogP contribution in [0.25, 0.3) is 20.7 Å². The Morgan fingerprint density at radius 1 is 1.20 bits per heavy atom. The van der Waals surface area contributed by atoms with Crippen LogP contribution < -0.4 is 15.8 Å². The highest BCUT2D eigenvalue weighted by Gasteiger charge is 2.26. The number of nitrogens with zero attached hydrogens (tertiary/aromatic N) is 2. The summed E-state index contributed by atoms with van der Waals surface area (Å²) in [7, 11) is 0. The first kappa shape index (κ1) is 28.1. The average molecular weight is 619 g/mol. The van der Waals surface area contributed by atoms with Crippen LogP contribution in [0.15, 0.2) is 52.9 Å². The molecule has 5 rings (SSSR count). The zero-order chi connectivity index (χ0) is 29.4. The van der Waals surface area contributed by atoms with Crippen LogP contribution in [0, 0.1) is 17.0 Å². The van der Waals surface area contributed by atoms with Crippen LogP contribution in [0.4, 0.5) is 20.2 Å². The van der Waals surface area contributed by atoms with Crippen molar-refractivity contribution in [2.75, 3.05) is 5.32 Å². The van der Waals surface area contributed by atoms with E-state index >= 15 is 0 Å². The molecule has 4 heterocycles. The summed E-state index contributed by atoms with van der Waals surface area (Å²) in [6, 6.07) is 11.3. The normalized spacial score (nSPS) is 11.2. The van der Waals surface area contributed by atoms with Gasteiger partial charge in [0.25, 0.3) is 23.9 Å². The molecule has 0 saturated carbocycles. The number of thiophene rings is 2. The molecule has 2 amide bonds. The number of carbonyl (C=O) groups is 2. The van der Waals surface area contributed by atoms with Gasteiger partial charge in [0.2, 0.25) is 0 Å². The number of amides is 2. The number of ether oxygens (including phenoxy) is 1. The molecule has 0 aliphatic carbocycles. The lowest BCUT2D eigenvalue weighted by atomic mass is 10.1. The maximum Gasteiger partial charge on any atom is 0.291 e. The summed E-state index contributed by atoms with van der Waals surface area (Å²) in [6.07, 6.45) is -2.86. The van der Waals surface area contributed by atoms with Gasteiger partial charge in [0.15, 0.2) is 5.76 Å². The molecule has 4 aromatic heterocycles. The Labute approximate surface area is 242 Å². The van der Waals surface area contributed by atoms with Crippen molar-refractivity contribution in [1.82, 2.24) is 4.98 Å². The van der Waals surface area contributed by atoms with Gasteiger partial charge < -0.3 is 20.2 Å². The summed E-state index contributed by atoms with van der Waals surface area (Å²) < 4.78 is 38.4. The number of rotatable bonds is 9. The minimum atomic E-state index is -2.86. The molecular formula is C26H17ClF2N4O6S2. The van der Waals surface area contributed by atoms with Crippen molar-refractivity contribution in [1.29, 1.82) is 0 Å². The molecule has 0 saturated heterocycles. The van der Waals surface area contributed by atoms with Crippen molar-refractivity contribution in [3.05, 3.63) is 90.6 Å². The topological polar surface area (TPSA) is 151 Å². The van der Waals surface area contributed by atoms with E-state index in [2.05, 4.69) is 10.3 Å². The summed E-state index contributed by atoms with van der Waals surface area (Å²) in [4.78, 5) is 41.5. The summed E-state index contributed by atoms with van der Waals surface area (Å²) in [5.74, 6) is -1.54. The van der Waals surface area contributed by atoms with Gasteiger partial charge in [0.1, 0.15) is 33.5 Å². The van der Waals surface area contributed by atoms with Gasteiger partial charge in [-0.15, -0.1) is 22.7 Å². The molecule has 0 fully saturated rings. The number of non-ortho nitro benzene ring substituents is 1. The lowest BCUT2D eigenvalue weighted by Crippen LogP contribution is -2.16. The van der Waals surface area contributed by atoms with E-state index in [1.807, 2.05) is 13.0 Å². The fraction of sp³-hybridized carbons (Fsp3) is 0.115. The number of nitrogens with two attached hydrogens (primary N) is 1. The van der Waals surface area contributed by atoms with Crippen LogP contribution in [0.3, 0.4) is 0 Å². The lowest BCUT2D eigenvalue weighted by Gasteiger charge is -2.09. The molecule has 0 aliphatic rings. The average Bonchev–Trinajstić information content (AvgIpc) is 3.66. The Kier molecular flexibility index (Phi) is 7.71. The van der Waals surface area contributed by atoms with Crippen LogP contribution in [0.5, 0.6) is 5.75 Å². The second kappa shape index (κ2) is 11.2. The van der Waals surface area contributed by atoms with Crippen LogP contribution in [-0.2, 0) is 6.61 Å². The van der Waals surface area contributed by atoms with E-state index in [9.17, 15) is 28.5 Å². The molecule has 0 radical (unpaired) electrons. The summed E-state index contributed by atoms with van der Waals surface area (Å²) >= 11 is 8.19. The number of furan rings is 1. The van der Waals surface area contributed by atoms with Gasteiger partial charge in [-0.1, -0.05) is 11.6 Å². The third-order valence-corrected chi connectivity index (χ3v) is 8.20. The molecule has 41 heavy (non-hydrogen) atoms. The predicted octanol–water partition coefficient (Wildman–Crippen LogP) is 7.36. The molecule has 0 spiro atoms. The maximum atomic E-state index is 13.7. The van der Waals surface area contributed by atoms with Gasteiger partial charge >= 0.3 is 0 Å². The molecule has 0 bridgehead atoms. The van der Waals surface area contributed by atoms with Gasteiger partial charge in [-0.2, -0.15) is 0 Å². The van der Waals surface area contributed by atoms with Gasteiger partial charge in [-0.25, -0.2) is 13.8 Å². The number of hydrogen-bond acceptors (Lipinski definition) is 9.